The zero-order chi connectivity index (χ0) is 28.9. The standard InChI is InChI=1S/C30H38Cl2N4O5/c1-17-4-3-5-22(18(17)2)34-28(38)26-30-7-6-23(41-30)24(27(37)33-21-15-19(31)14-20(32)16-21)25(30)29(39)36(26)9-8-35-10-12-40-13-11-35/h6-7,14-18,22-26H,3-5,8-13H2,1-2H3,(H,33,37)(H,34,38). The number of rotatable bonds is 7. The number of benzene rings is 1. The molecule has 1 aromatic rings. The van der Waals surface area contributed by atoms with E-state index in [-0.39, 0.29) is 23.8 Å². The van der Waals surface area contributed by atoms with Gasteiger partial charge in [0.2, 0.25) is 17.7 Å². The van der Waals surface area contributed by atoms with Crippen molar-refractivity contribution in [1.82, 2.24) is 15.1 Å². The van der Waals surface area contributed by atoms with Crippen molar-refractivity contribution in [2.75, 3.05) is 44.7 Å². The van der Waals surface area contributed by atoms with Gasteiger partial charge in [-0.05, 0) is 36.5 Å². The van der Waals surface area contributed by atoms with Crippen molar-refractivity contribution in [2.45, 2.75) is 56.9 Å². The molecule has 3 saturated heterocycles. The van der Waals surface area contributed by atoms with E-state index in [0.717, 1.165) is 32.4 Å². The second-order valence-electron chi connectivity index (χ2n) is 12.2. The van der Waals surface area contributed by atoms with Crippen molar-refractivity contribution in [1.29, 1.82) is 0 Å². The van der Waals surface area contributed by atoms with Gasteiger partial charge >= 0.3 is 0 Å². The number of nitrogens with zero attached hydrogens (tertiary/aromatic N) is 2. The van der Waals surface area contributed by atoms with E-state index in [0.29, 0.717) is 53.9 Å². The molecule has 2 N–H and O–H groups in total. The molecule has 3 amide bonds. The Bertz CT molecular complexity index is 1220. The van der Waals surface area contributed by atoms with Crippen molar-refractivity contribution >= 4 is 46.6 Å². The Morgan fingerprint density at radius 1 is 1.05 bits per heavy atom. The van der Waals surface area contributed by atoms with Crippen molar-refractivity contribution in [2.24, 2.45) is 23.7 Å². The molecule has 1 spiro atoms. The molecule has 41 heavy (non-hydrogen) atoms. The molecule has 9 nitrogen and oxygen atoms in total. The van der Waals surface area contributed by atoms with Gasteiger partial charge in [0, 0.05) is 48.0 Å². The smallest absolute Gasteiger partial charge is 0.246 e. The van der Waals surface area contributed by atoms with Crippen molar-refractivity contribution in [3.63, 3.8) is 0 Å². The maximum Gasteiger partial charge on any atom is 0.246 e. The number of carbonyl (C=O) groups is 3. The van der Waals surface area contributed by atoms with Gasteiger partial charge in [-0.1, -0.05) is 62.0 Å². The molecule has 8 atom stereocenters. The molecule has 1 aliphatic carbocycles. The fourth-order valence-corrected chi connectivity index (χ4v) is 8.01. The summed E-state index contributed by atoms with van der Waals surface area (Å²) in [5.74, 6) is -1.55. The number of fused-ring (bicyclic) bond motifs is 1. The number of halogens is 2. The predicted molar refractivity (Wildman–Crippen MR) is 156 cm³/mol. The fourth-order valence-electron chi connectivity index (χ4n) is 7.48. The number of carbonyl (C=O) groups excluding carboxylic acids is 3. The number of hydrogen-bond donors (Lipinski definition) is 2. The molecule has 6 rings (SSSR count). The zero-order valence-corrected chi connectivity index (χ0v) is 25.0. The molecule has 11 heteroatoms. The summed E-state index contributed by atoms with van der Waals surface area (Å²) in [5, 5.41) is 6.97. The Morgan fingerprint density at radius 2 is 1.78 bits per heavy atom. The van der Waals surface area contributed by atoms with Crippen molar-refractivity contribution < 1.29 is 23.9 Å². The number of anilines is 1. The first-order valence-electron chi connectivity index (χ1n) is 14.7. The molecule has 5 aliphatic rings. The number of likely N-dealkylation sites (tertiary alicyclic amines) is 1. The normalized spacial score (nSPS) is 36.4. The highest BCUT2D eigenvalue weighted by atomic mass is 35.5. The van der Waals surface area contributed by atoms with Crippen LogP contribution in [0.15, 0.2) is 30.4 Å². The van der Waals surface area contributed by atoms with E-state index in [4.69, 9.17) is 32.7 Å². The molecule has 8 unspecified atom stereocenters. The molecule has 1 aromatic carbocycles. The number of ether oxygens (including phenoxy) is 2. The highest BCUT2D eigenvalue weighted by molar-refractivity contribution is 6.35. The van der Waals surface area contributed by atoms with Crippen LogP contribution in [0.25, 0.3) is 0 Å². The van der Waals surface area contributed by atoms with Crippen LogP contribution in [0.3, 0.4) is 0 Å². The second kappa shape index (κ2) is 11.5. The van der Waals surface area contributed by atoms with Crippen molar-refractivity contribution in [3.8, 4) is 0 Å². The van der Waals surface area contributed by atoms with E-state index in [1.807, 2.05) is 12.2 Å². The number of morpholine rings is 1. The summed E-state index contributed by atoms with van der Waals surface area (Å²) >= 11 is 12.3. The van der Waals surface area contributed by atoms with Gasteiger partial charge in [-0.2, -0.15) is 0 Å². The molecule has 222 valence electrons. The topological polar surface area (TPSA) is 100 Å². The highest BCUT2D eigenvalue weighted by Gasteiger charge is 2.72. The molecule has 2 bridgehead atoms. The van der Waals surface area contributed by atoms with E-state index in [2.05, 4.69) is 29.4 Å². The monoisotopic (exact) mass is 604 g/mol. The average Bonchev–Trinajstić information content (AvgIpc) is 3.57. The zero-order valence-electron chi connectivity index (χ0n) is 23.5. The Kier molecular flexibility index (Phi) is 8.11. The lowest BCUT2D eigenvalue weighted by atomic mass is 9.73. The van der Waals surface area contributed by atoms with Crippen LogP contribution in [0, 0.1) is 23.7 Å². The van der Waals surface area contributed by atoms with E-state index >= 15 is 0 Å². The highest BCUT2D eigenvalue weighted by Crippen LogP contribution is 2.55. The first kappa shape index (κ1) is 28.9. The molecular formula is C30H38Cl2N4O5. The minimum Gasteiger partial charge on any atom is -0.379 e. The third-order valence-corrected chi connectivity index (χ3v) is 10.3. The summed E-state index contributed by atoms with van der Waals surface area (Å²) in [4.78, 5) is 46.0. The summed E-state index contributed by atoms with van der Waals surface area (Å²) in [6.45, 7) is 8.23. The van der Waals surface area contributed by atoms with E-state index < -0.39 is 29.6 Å². The summed E-state index contributed by atoms with van der Waals surface area (Å²) in [6.07, 6.45) is 6.19. The molecular weight excluding hydrogens is 567 g/mol. The number of amides is 3. The van der Waals surface area contributed by atoms with Gasteiger partial charge in [0.25, 0.3) is 0 Å². The van der Waals surface area contributed by atoms with E-state index in [1.54, 1.807) is 23.1 Å². The number of hydrogen-bond acceptors (Lipinski definition) is 6. The fraction of sp³-hybridized carbons (Fsp3) is 0.633. The molecule has 4 aliphatic heterocycles. The van der Waals surface area contributed by atoms with Gasteiger partial charge in [0.05, 0.1) is 31.2 Å². The van der Waals surface area contributed by atoms with E-state index in [1.165, 1.54) is 0 Å². The van der Waals surface area contributed by atoms with Gasteiger partial charge in [-0.25, -0.2) is 0 Å². The summed E-state index contributed by atoms with van der Waals surface area (Å²) in [7, 11) is 0. The SMILES string of the molecule is CC1CCCC(NC(=O)C2N(CCN3CCOCC3)C(=O)C3C(C(=O)Nc4cc(Cl)cc(Cl)c4)C4C=CC32O4)C1C. The van der Waals surface area contributed by atoms with Gasteiger partial charge in [0.15, 0.2) is 0 Å². The predicted octanol–water partition coefficient (Wildman–Crippen LogP) is 3.36. The molecule has 1 saturated carbocycles. The van der Waals surface area contributed by atoms with Crippen LogP contribution in [0.1, 0.15) is 33.1 Å². The summed E-state index contributed by atoms with van der Waals surface area (Å²) in [6, 6.07) is 3.98. The lowest BCUT2D eigenvalue weighted by molar-refractivity contribution is -0.142. The third kappa shape index (κ3) is 5.29. The summed E-state index contributed by atoms with van der Waals surface area (Å²) < 4.78 is 12.0. The second-order valence-corrected chi connectivity index (χ2v) is 13.1. The largest absolute Gasteiger partial charge is 0.379 e. The summed E-state index contributed by atoms with van der Waals surface area (Å²) in [5.41, 5.74) is -0.758. The van der Waals surface area contributed by atoms with Crippen LogP contribution in [0.5, 0.6) is 0 Å². The van der Waals surface area contributed by atoms with Crippen LogP contribution in [-0.2, 0) is 23.9 Å². The van der Waals surface area contributed by atoms with Crippen LogP contribution < -0.4 is 10.6 Å². The minimum atomic E-state index is -1.20. The van der Waals surface area contributed by atoms with Crippen LogP contribution >= 0.6 is 23.2 Å². The van der Waals surface area contributed by atoms with Gasteiger partial charge in [-0.15, -0.1) is 0 Å². The van der Waals surface area contributed by atoms with Gasteiger partial charge in [0.1, 0.15) is 11.6 Å². The third-order valence-electron chi connectivity index (χ3n) is 9.85. The maximum absolute atomic E-state index is 14.2. The van der Waals surface area contributed by atoms with Gasteiger partial charge in [-0.3, -0.25) is 19.3 Å². The molecule has 4 fully saturated rings. The van der Waals surface area contributed by atoms with Crippen LogP contribution in [0.4, 0.5) is 5.69 Å². The van der Waals surface area contributed by atoms with Gasteiger partial charge < -0.3 is 25.0 Å². The molecule has 0 radical (unpaired) electrons. The van der Waals surface area contributed by atoms with E-state index in [9.17, 15) is 14.4 Å². The Labute approximate surface area is 250 Å². The first-order chi connectivity index (χ1) is 19.7. The average molecular weight is 606 g/mol. The quantitative estimate of drug-likeness (QED) is 0.463. The Morgan fingerprint density at radius 3 is 2.51 bits per heavy atom. The lowest BCUT2D eigenvalue weighted by Gasteiger charge is -2.38. The lowest BCUT2D eigenvalue weighted by Crippen LogP contribution is -2.58. The van der Waals surface area contributed by atoms with Crippen LogP contribution in [-0.4, -0.2) is 90.7 Å². The Hall–Kier alpha value is -2.17. The van der Waals surface area contributed by atoms with Crippen LogP contribution in [0.2, 0.25) is 10.0 Å². The van der Waals surface area contributed by atoms with Crippen molar-refractivity contribution in [3.05, 3.63) is 40.4 Å². The number of nitrogens with one attached hydrogen (secondary N) is 2. The first-order valence-corrected chi connectivity index (χ1v) is 15.5. The Balaban J connectivity index is 1.28. The minimum absolute atomic E-state index is 0.0344. The molecule has 0 aromatic heterocycles. The maximum atomic E-state index is 14.2. The molecule has 4 heterocycles.